The van der Waals surface area contributed by atoms with E-state index in [1.165, 1.54) is 0 Å². The molecule has 0 aliphatic heterocycles. The number of benzene rings is 1. The summed E-state index contributed by atoms with van der Waals surface area (Å²) in [6.45, 7) is 1.72. The van der Waals surface area contributed by atoms with E-state index in [0.717, 1.165) is 0 Å². The van der Waals surface area contributed by atoms with Crippen molar-refractivity contribution in [2.45, 2.75) is 12.5 Å². The van der Waals surface area contributed by atoms with Gasteiger partial charge in [-0.15, -0.1) is 0 Å². The predicted molar refractivity (Wildman–Crippen MR) is 91.9 cm³/mol. The van der Waals surface area contributed by atoms with E-state index in [4.69, 9.17) is 11.6 Å². The maximum Gasteiger partial charge on any atom is 0.255 e. The van der Waals surface area contributed by atoms with Crippen LogP contribution in [0.25, 0.3) is 0 Å². The fourth-order valence-electron chi connectivity index (χ4n) is 2.19. The van der Waals surface area contributed by atoms with Crippen molar-refractivity contribution in [2.24, 2.45) is 0 Å². The van der Waals surface area contributed by atoms with Crippen LogP contribution in [0.2, 0.25) is 5.02 Å². The number of hydrogen-bond donors (Lipinski definition) is 2. The SMILES string of the molecule is CN(C)c1ncccc1C(=O)NCC(C)(O)c1ccc(Cl)cc1. The molecule has 2 N–H and O–H groups in total. The molecular formula is C17H20ClN3O2. The fraction of sp³-hybridized carbons (Fsp3) is 0.294. The van der Waals surface area contributed by atoms with Crippen LogP contribution in [0.3, 0.4) is 0 Å². The third kappa shape index (κ3) is 4.21. The Labute approximate surface area is 140 Å². The van der Waals surface area contributed by atoms with Gasteiger partial charge in [0.15, 0.2) is 0 Å². The molecule has 1 aromatic carbocycles. The lowest BCUT2D eigenvalue weighted by Crippen LogP contribution is -2.39. The Morgan fingerprint density at radius 1 is 1.30 bits per heavy atom. The van der Waals surface area contributed by atoms with Crippen LogP contribution in [0.15, 0.2) is 42.6 Å². The van der Waals surface area contributed by atoms with Gasteiger partial charge in [0.1, 0.15) is 11.4 Å². The number of amides is 1. The van der Waals surface area contributed by atoms with Gasteiger partial charge in [0, 0.05) is 25.3 Å². The van der Waals surface area contributed by atoms with E-state index < -0.39 is 5.60 Å². The van der Waals surface area contributed by atoms with E-state index in [1.807, 2.05) is 14.1 Å². The summed E-state index contributed by atoms with van der Waals surface area (Å²) < 4.78 is 0. The number of pyridine rings is 1. The molecule has 0 aliphatic carbocycles. The third-order valence-electron chi connectivity index (χ3n) is 3.51. The minimum atomic E-state index is -1.19. The van der Waals surface area contributed by atoms with Gasteiger partial charge in [-0.25, -0.2) is 4.98 Å². The topological polar surface area (TPSA) is 65.5 Å². The summed E-state index contributed by atoms with van der Waals surface area (Å²) >= 11 is 5.85. The number of nitrogens with one attached hydrogen (secondary N) is 1. The first kappa shape index (κ1) is 17.2. The number of halogens is 1. The first-order valence-corrected chi connectivity index (χ1v) is 7.58. The number of anilines is 1. The first-order chi connectivity index (χ1) is 10.8. The smallest absolute Gasteiger partial charge is 0.255 e. The van der Waals surface area contributed by atoms with E-state index in [2.05, 4.69) is 10.3 Å². The summed E-state index contributed by atoms with van der Waals surface area (Å²) in [7, 11) is 3.64. The van der Waals surface area contributed by atoms with Gasteiger partial charge < -0.3 is 15.3 Å². The lowest BCUT2D eigenvalue weighted by atomic mass is 9.96. The normalized spacial score (nSPS) is 13.3. The molecular weight excluding hydrogens is 314 g/mol. The molecule has 1 unspecified atom stereocenters. The summed E-state index contributed by atoms with van der Waals surface area (Å²) in [5.74, 6) is 0.298. The van der Waals surface area contributed by atoms with Crippen LogP contribution in [0, 0.1) is 0 Å². The van der Waals surface area contributed by atoms with Crippen LogP contribution in [0.5, 0.6) is 0 Å². The van der Waals surface area contributed by atoms with Gasteiger partial charge in [0.05, 0.1) is 12.1 Å². The van der Waals surface area contributed by atoms with Crippen molar-refractivity contribution in [1.29, 1.82) is 0 Å². The van der Waals surface area contributed by atoms with Crippen LogP contribution in [0.1, 0.15) is 22.8 Å². The number of rotatable bonds is 5. The zero-order chi connectivity index (χ0) is 17.0. The fourth-order valence-corrected chi connectivity index (χ4v) is 2.32. The van der Waals surface area contributed by atoms with Crippen LogP contribution >= 0.6 is 11.6 Å². The van der Waals surface area contributed by atoms with E-state index >= 15 is 0 Å². The summed E-state index contributed by atoms with van der Waals surface area (Å²) in [5.41, 5.74) is -0.0496. The Kier molecular flexibility index (Phi) is 5.23. The quantitative estimate of drug-likeness (QED) is 0.882. The summed E-state index contributed by atoms with van der Waals surface area (Å²) in [6, 6.07) is 10.3. The Hall–Kier alpha value is -2.11. The highest BCUT2D eigenvalue weighted by molar-refractivity contribution is 6.30. The summed E-state index contributed by atoms with van der Waals surface area (Å²) in [5, 5.41) is 13.9. The van der Waals surface area contributed by atoms with Crippen LogP contribution in [-0.4, -0.2) is 36.6 Å². The number of carbonyl (C=O) groups is 1. The highest BCUT2D eigenvalue weighted by atomic mass is 35.5. The molecule has 0 saturated carbocycles. The molecule has 0 bridgehead atoms. The molecule has 0 radical (unpaired) electrons. The Morgan fingerprint density at radius 3 is 2.57 bits per heavy atom. The molecule has 1 atom stereocenters. The molecule has 0 spiro atoms. The van der Waals surface area contributed by atoms with Crippen molar-refractivity contribution in [3.63, 3.8) is 0 Å². The van der Waals surface area contributed by atoms with Crippen LogP contribution in [0.4, 0.5) is 5.82 Å². The van der Waals surface area contributed by atoms with Crippen molar-refractivity contribution >= 4 is 23.3 Å². The zero-order valence-electron chi connectivity index (χ0n) is 13.4. The highest BCUT2D eigenvalue weighted by Gasteiger charge is 2.24. The molecule has 23 heavy (non-hydrogen) atoms. The van der Waals surface area contributed by atoms with Gasteiger partial charge >= 0.3 is 0 Å². The molecule has 1 amide bonds. The van der Waals surface area contributed by atoms with Gasteiger partial charge in [0.2, 0.25) is 0 Å². The van der Waals surface area contributed by atoms with E-state index in [9.17, 15) is 9.90 Å². The van der Waals surface area contributed by atoms with Crippen molar-refractivity contribution in [1.82, 2.24) is 10.3 Å². The molecule has 0 saturated heterocycles. The molecule has 1 aromatic heterocycles. The lowest BCUT2D eigenvalue weighted by molar-refractivity contribution is 0.0526. The molecule has 2 aromatic rings. The average molecular weight is 334 g/mol. The molecule has 6 heteroatoms. The highest BCUT2D eigenvalue weighted by Crippen LogP contribution is 2.22. The van der Waals surface area contributed by atoms with E-state index in [-0.39, 0.29) is 12.5 Å². The monoisotopic (exact) mass is 333 g/mol. The largest absolute Gasteiger partial charge is 0.384 e. The minimum absolute atomic E-state index is 0.0786. The molecule has 0 fully saturated rings. The van der Waals surface area contributed by atoms with Crippen molar-refractivity contribution in [2.75, 3.05) is 25.5 Å². The maximum atomic E-state index is 12.4. The number of hydrogen-bond acceptors (Lipinski definition) is 4. The number of aliphatic hydroxyl groups is 1. The van der Waals surface area contributed by atoms with Gasteiger partial charge in [0.25, 0.3) is 5.91 Å². The Bertz CT molecular complexity index is 684. The number of carbonyl (C=O) groups excluding carboxylic acids is 1. The van der Waals surface area contributed by atoms with Gasteiger partial charge in [-0.1, -0.05) is 23.7 Å². The average Bonchev–Trinajstić information content (AvgIpc) is 2.53. The van der Waals surface area contributed by atoms with E-state index in [0.29, 0.717) is 22.0 Å². The third-order valence-corrected chi connectivity index (χ3v) is 3.77. The van der Waals surface area contributed by atoms with E-state index in [1.54, 1.807) is 54.4 Å². The second-order valence-electron chi connectivity index (χ2n) is 5.73. The molecule has 0 aliphatic rings. The molecule has 2 rings (SSSR count). The summed E-state index contributed by atoms with van der Waals surface area (Å²) in [4.78, 5) is 18.4. The second-order valence-corrected chi connectivity index (χ2v) is 6.17. The second kappa shape index (κ2) is 6.98. The Balaban J connectivity index is 2.11. The van der Waals surface area contributed by atoms with Crippen molar-refractivity contribution in [3.05, 3.63) is 58.7 Å². The van der Waals surface area contributed by atoms with Crippen LogP contribution in [-0.2, 0) is 5.60 Å². The predicted octanol–water partition coefficient (Wildman–Crippen LogP) is 2.44. The van der Waals surface area contributed by atoms with Crippen LogP contribution < -0.4 is 10.2 Å². The number of nitrogens with zero attached hydrogens (tertiary/aromatic N) is 2. The zero-order valence-corrected chi connectivity index (χ0v) is 14.1. The summed E-state index contributed by atoms with van der Waals surface area (Å²) in [6.07, 6.45) is 1.63. The Morgan fingerprint density at radius 2 is 1.96 bits per heavy atom. The van der Waals surface area contributed by atoms with Gasteiger partial charge in [-0.2, -0.15) is 0 Å². The van der Waals surface area contributed by atoms with Gasteiger partial charge in [-0.3, -0.25) is 4.79 Å². The van der Waals surface area contributed by atoms with Crippen molar-refractivity contribution in [3.8, 4) is 0 Å². The number of aromatic nitrogens is 1. The lowest BCUT2D eigenvalue weighted by Gasteiger charge is -2.25. The standard InChI is InChI=1S/C17H20ClN3O2/c1-17(23,12-6-8-13(18)9-7-12)11-20-16(22)14-5-4-10-19-15(14)21(2)3/h4-10,23H,11H2,1-3H3,(H,20,22). The van der Waals surface area contributed by atoms with Crippen molar-refractivity contribution < 1.29 is 9.90 Å². The first-order valence-electron chi connectivity index (χ1n) is 7.20. The molecule has 5 nitrogen and oxygen atoms in total. The molecule has 122 valence electrons. The molecule has 1 heterocycles. The minimum Gasteiger partial charge on any atom is -0.384 e. The van der Waals surface area contributed by atoms with Gasteiger partial charge in [-0.05, 0) is 36.8 Å². The maximum absolute atomic E-state index is 12.4.